The van der Waals surface area contributed by atoms with Gasteiger partial charge in [-0.15, -0.1) is 10.2 Å². The van der Waals surface area contributed by atoms with Gasteiger partial charge in [0, 0.05) is 5.69 Å². The van der Waals surface area contributed by atoms with Crippen molar-refractivity contribution in [3.8, 4) is 11.6 Å². The number of fused-ring (bicyclic) bond motifs is 1. The standard InChI is InChI=1S/C11H8ClN3O/c1-7-3-2-4-10-13-14-11(15(7)10)8-5-6-9(12)16-8/h2-6H,1H3. The van der Waals surface area contributed by atoms with E-state index in [1.165, 1.54) is 0 Å². The van der Waals surface area contributed by atoms with Gasteiger partial charge in [-0.05, 0) is 42.8 Å². The zero-order chi connectivity index (χ0) is 11.1. The summed E-state index contributed by atoms with van der Waals surface area (Å²) in [5.74, 6) is 1.28. The fraction of sp³-hybridized carbons (Fsp3) is 0.0909. The number of hydrogen-bond donors (Lipinski definition) is 0. The first kappa shape index (κ1) is 9.42. The maximum absolute atomic E-state index is 5.74. The van der Waals surface area contributed by atoms with Crippen LogP contribution in [0, 0.1) is 6.92 Å². The molecule has 80 valence electrons. The van der Waals surface area contributed by atoms with Gasteiger partial charge in [0.25, 0.3) is 0 Å². The van der Waals surface area contributed by atoms with Gasteiger partial charge in [0.15, 0.2) is 16.6 Å². The molecule has 0 N–H and O–H groups in total. The molecular formula is C11H8ClN3O. The van der Waals surface area contributed by atoms with Crippen molar-refractivity contribution < 1.29 is 4.42 Å². The molecule has 3 rings (SSSR count). The Morgan fingerprint density at radius 2 is 2.06 bits per heavy atom. The summed E-state index contributed by atoms with van der Waals surface area (Å²) in [5.41, 5.74) is 1.84. The average molecular weight is 234 g/mol. The summed E-state index contributed by atoms with van der Waals surface area (Å²) < 4.78 is 7.26. The molecule has 3 heterocycles. The van der Waals surface area contributed by atoms with Crippen molar-refractivity contribution in [1.29, 1.82) is 0 Å². The molecule has 0 spiro atoms. The second-order valence-corrected chi connectivity index (χ2v) is 3.86. The summed E-state index contributed by atoms with van der Waals surface area (Å²) in [6.07, 6.45) is 0. The molecule has 0 bridgehead atoms. The lowest BCUT2D eigenvalue weighted by Crippen LogP contribution is -1.92. The van der Waals surface area contributed by atoms with E-state index in [-0.39, 0.29) is 0 Å². The lowest BCUT2D eigenvalue weighted by atomic mass is 10.3. The third-order valence-electron chi connectivity index (χ3n) is 2.42. The summed E-state index contributed by atoms with van der Waals surface area (Å²) in [4.78, 5) is 0. The molecule has 3 aromatic rings. The van der Waals surface area contributed by atoms with Crippen LogP contribution >= 0.6 is 11.6 Å². The minimum atomic E-state index is 0.348. The monoisotopic (exact) mass is 233 g/mol. The van der Waals surface area contributed by atoms with E-state index in [0.29, 0.717) is 16.8 Å². The third-order valence-corrected chi connectivity index (χ3v) is 2.62. The zero-order valence-electron chi connectivity index (χ0n) is 8.51. The molecule has 4 nitrogen and oxygen atoms in total. The van der Waals surface area contributed by atoms with Gasteiger partial charge in [0.05, 0.1) is 0 Å². The number of hydrogen-bond acceptors (Lipinski definition) is 3. The Labute approximate surface area is 96.5 Å². The molecule has 5 heteroatoms. The highest BCUT2D eigenvalue weighted by molar-refractivity contribution is 6.28. The van der Waals surface area contributed by atoms with E-state index < -0.39 is 0 Å². The number of nitrogens with zero attached hydrogens (tertiary/aromatic N) is 3. The van der Waals surface area contributed by atoms with Crippen LogP contribution in [0.1, 0.15) is 5.69 Å². The summed E-state index contributed by atoms with van der Waals surface area (Å²) in [5, 5.41) is 8.52. The van der Waals surface area contributed by atoms with Crippen LogP contribution in [0.2, 0.25) is 5.22 Å². The lowest BCUT2D eigenvalue weighted by molar-refractivity contribution is 0.578. The largest absolute Gasteiger partial charge is 0.441 e. The van der Waals surface area contributed by atoms with Gasteiger partial charge >= 0.3 is 0 Å². The number of halogens is 1. The smallest absolute Gasteiger partial charge is 0.204 e. The molecule has 0 fully saturated rings. The molecule has 0 aliphatic carbocycles. The number of furan rings is 1. The number of aromatic nitrogens is 3. The minimum Gasteiger partial charge on any atom is -0.441 e. The summed E-state index contributed by atoms with van der Waals surface area (Å²) >= 11 is 5.74. The Bertz CT molecular complexity index is 656. The quantitative estimate of drug-likeness (QED) is 0.649. The molecule has 0 atom stereocenters. The van der Waals surface area contributed by atoms with E-state index in [9.17, 15) is 0 Å². The summed E-state index contributed by atoms with van der Waals surface area (Å²) in [6, 6.07) is 9.30. The van der Waals surface area contributed by atoms with E-state index in [2.05, 4.69) is 10.2 Å². The highest BCUT2D eigenvalue weighted by Crippen LogP contribution is 2.24. The number of aryl methyl sites for hydroxylation is 1. The van der Waals surface area contributed by atoms with Crippen LogP contribution in [0.25, 0.3) is 17.2 Å². The molecule has 0 saturated heterocycles. The van der Waals surface area contributed by atoms with E-state index in [1.54, 1.807) is 12.1 Å². The SMILES string of the molecule is Cc1cccc2nnc(-c3ccc(Cl)o3)n12. The predicted molar refractivity (Wildman–Crippen MR) is 60.4 cm³/mol. The Balaban J connectivity index is 2.32. The highest BCUT2D eigenvalue weighted by atomic mass is 35.5. The van der Waals surface area contributed by atoms with Crippen molar-refractivity contribution in [2.24, 2.45) is 0 Å². The molecule has 16 heavy (non-hydrogen) atoms. The van der Waals surface area contributed by atoms with Crippen molar-refractivity contribution in [1.82, 2.24) is 14.6 Å². The molecule has 0 aliphatic rings. The van der Waals surface area contributed by atoms with Crippen molar-refractivity contribution in [2.75, 3.05) is 0 Å². The topological polar surface area (TPSA) is 43.3 Å². The number of pyridine rings is 1. The van der Waals surface area contributed by atoms with Gasteiger partial charge in [-0.25, -0.2) is 0 Å². The van der Waals surface area contributed by atoms with Crippen LogP contribution in [0.3, 0.4) is 0 Å². The highest BCUT2D eigenvalue weighted by Gasteiger charge is 2.12. The first-order chi connectivity index (χ1) is 7.75. The molecule has 0 aliphatic heterocycles. The van der Waals surface area contributed by atoms with Crippen LogP contribution in [0.4, 0.5) is 0 Å². The first-order valence-electron chi connectivity index (χ1n) is 4.82. The predicted octanol–water partition coefficient (Wildman–Crippen LogP) is 2.95. The Hall–Kier alpha value is -1.81. The third kappa shape index (κ3) is 1.31. The summed E-state index contributed by atoms with van der Waals surface area (Å²) in [7, 11) is 0. The number of rotatable bonds is 1. The Kier molecular flexibility index (Phi) is 1.97. The molecular weight excluding hydrogens is 226 g/mol. The molecule has 0 aromatic carbocycles. The fourth-order valence-electron chi connectivity index (χ4n) is 1.69. The van der Waals surface area contributed by atoms with Gasteiger partial charge in [-0.3, -0.25) is 4.40 Å². The van der Waals surface area contributed by atoms with E-state index >= 15 is 0 Å². The zero-order valence-corrected chi connectivity index (χ0v) is 9.27. The van der Waals surface area contributed by atoms with Crippen molar-refractivity contribution in [3.63, 3.8) is 0 Å². The molecule has 0 saturated carbocycles. The fourth-order valence-corrected chi connectivity index (χ4v) is 1.84. The van der Waals surface area contributed by atoms with Crippen LogP contribution in [0.5, 0.6) is 0 Å². The van der Waals surface area contributed by atoms with E-state index in [1.807, 2.05) is 29.5 Å². The first-order valence-corrected chi connectivity index (χ1v) is 5.20. The van der Waals surface area contributed by atoms with Crippen LogP contribution in [-0.2, 0) is 0 Å². The second-order valence-electron chi connectivity index (χ2n) is 3.49. The van der Waals surface area contributed by atoms with E-state index in [0.717, 1.165) is 11.3 Å². The Morgan fingerprint density at radius 3 is 2.81 bits per heavy atom. The van der Waals surface area contributed by atoms with Crippen molar-refractivity contribution >= 4 is 17.2 Å². The second kappa shape index (κ2) is 3.35. The van der Waals surface area contributed by atoms with Gasteiger partial charge < -0.3 is 4.42 Å². The van der Waals surface area contributed by atoms with E-state index in [4.69, 9.17) is 16.0 Å². The molecule has 3 aromatic heterocycles. The van der Waals surface area contributed by atoms with Gasteiger partial charge in [0.2, 0.25) is 5.82 Å². The van der Waals surface area contributed by atoms with Gasteiger partial charge in [-0.2, -0.15) is 0 Å². The molecule has 0 amide bonds. The molecule has 0 radical (unpaired) electrons. The molecule has 0 unspecified atom stereocenters. The normalized spacial score (nSPS) is 11.1. The Morgan fingerprint density at radius 1 is 1.19 bits per heavy atom. The maximum Gasteiger partial charge on any atom is 0.204 e. The van der Waals surface area contributed by atoms with Crippen LogP contribution in [-0.4, -0.2) is 14.6 Å². The average Bonchev–Trinajstić information content (AvgIpc) is 2.84. The lowest BCUT2D eigenvalue weighted by Gasteiger charge is -2.00. The van der Waals surface area contributed by atoms with Gasteiger partial charge in [0.1, 0.15) is 0 Å². The minimum absolute atomic E-state index is 0.348. The van der Waals surface area contributed by atoms with Gasteiger partial charge in [-0.1, -0.05) is 6.07 Å². The van der Waals surface area contributed by atoms with Crippen LogP contribution < -0.4 is 0 Å². The van der Waals surface area contributed by atoms with Crippen LogP contribution in [0.15, 0.2) is 34.7 Å². The maximum atomic E-state index is 5.74. The van der Waals surface area contributed by atoms with Crippen molar-refractivity contribution in [3.05, 3.63) is 41.2 Å². The summed E-state index contributed by atoms with van der Waals surface area (Å²) in [6.45, 7) is 1.99. The van der Waals surface area contributed by atoms with Crippen molar-refractivity contribution in [2.45, 2.75) is 6.92 Å².